The van der Waals surface area contributed by atoms with E-state index in [1.165, 1.54) is 32.4 Å². The quantitative estimate of drug-likeness (QED) is 0.724. The lowest BCUT2D eigenvalue weighted by Gasteiger charge is -2.22. The van der Waals surface area contributed by atoms with Crippen LogP contribution >= 0.6 is 0 Å². The first-order chi connectivity index (χ1) is 7.45. The van der Waals surface area contributed by atoms with E-state index in [4.69, 9.17) is 4.42 Å². The summed E-state index contributed by atoms with van der Waals surface area (Å²) >= 11 is 0. The summed E-state index contributed by atoms with van der Waals surface area (Å²) in [6, 6.07) is 3.95. The summed E-state index contributed by atoms with van der Waals surface area (Å²) < 4.78 is 5.25. The van der Waals surface area contributed by atoms with Crippen molar-refractivity contribution in [2.75, 3.05) is 19.6 Å². The number of piperidine rings is 1. The largest absolute Gasteiger partial charge is 0.468 e. The van der Waals surface area contributed by atoms with Crippen LogP contribution in [-0.4, -0.2) is 19.6 Å². The second-order valence-electron chi connectivity index (χ2n) is 4.24. The average molecular weight is 208 g/mol. The number of hydrogen-bond donors (Lipinski definition) is 2. The maximum atomic E-state index is 5.25. The first-order valence-electron chi connectivity index (χ1n) is 5.89. The van der Waals surface area contributed by atoms with Crippen molar-refractivity contribution in [1.29, 1.82) is 0 Å². The van der Waals surface area contributed by atoms with Gasteiger partial charge in [-0.25, -0.2) is 0 Å². The van der Waals surface area contributed by atoms with Crippen LogP contribution in [0.1, 0.15) is 25.0 Å². The average Bonchev–Trinajstić information content (AvgIpc) is 2.79. The van der Waals surface area contributed by atoms with Gasteiger partial charge in [0.1, 0.15) is 5.76 Å². The van der Waals surface area contributed by atoms with E-state index in [2.05, 4.69) is 10.6 Å². The number of hydrogen-bond acceptors (Lipinski definition) is 3. The van der Waals surface area contributed by atoms with Gasteiger partial charge < -0.3 is 15.1 Å². The van der Waals surface area contributed by atoms with Crippen molar-refractivity contribution in [3.8, 4) is 0 Å². The van der Waals surface area contributed by atoms with E-state index in [9.17, 15) is 0 Å². The van der Waals surface area contributed by atoms with Crippen molar-refractivity contribution >= 4 is 0 Å². The summed E-state index contributed by atoms with van der Waals surface area (Å²) in [6.07, 6.45) is 5.69. The van der Waals surface area contributed by atoms with Gasteiger partial charge in [-0.2, -0.15) is 0 Å². The minimum atomic E-state index is 0.859. The molecular formula is C12H20N2O. The van der Waals surface area contributed by atoms with Crippen molar-refractivity contribution < 1.29 is 4.42 Å². The molecule has 1 aromatic rings. The molecule has 0 atom stereocenters. The Kier molecular flexibility index (Phi) is 4.23. The molecule has 2 N–H and O–H groups in total. The summed E-state index contributed by atoms with van der Waals surface area (Å²) in [7, 11) is 0. The second-order valence-corrected chi connectivity index (χ2v) is 4.24. The van der Waals surface area contributed by atoms with E-state index >= 15 is 0 Å². The summed E-state index contributed by atoms with van der Waals surface area (Å²) in [6.45, 7) is 4.36. The lowest BCUT2D eigenvalue weighted by molar-refractivity contribution is 0.345. The molecule has 84 valence electrons. The monoisotopic (exact) mass is 208 g/mol. The Bertz CT molecular complexity index is 253. The topological polar surface area (TPSA) is 37.2 Å². The standard InChI is InChI=1S/C12H20N2O/c1-2-12(15-9-1)10-14-8-5-11-3-6-13-7-4-11/h1-2,9,11,13-14H,3-8,10H2. The van der Waals surface area contributed by atoms with E-state index in [-0.39, 0.29) is 0 Å². The zero-order chi connectivity index (χ0) is 10.3. The predicted octanol–water partition coefficient (Wildman–Crippen LogP) is 1.76. The molecular weight excluding hydrogens is 188 g/mol. The van der Waals surface area contributed by atoms with Crippen LogP contribution in [0.25, 0.3) is 0 Å². The molecule has 15 heavy (non-hydrogen) atoms. The molecule has 1 aliphatic rings. The highest BCUT2D eigenvalue weighted by molar-refractivity contribution is 4.97. The Labute approximate surface area is 91.2 Å². The fourth-order valence-electron chi connectivity index (χ4n) is 2.10. The SMILES string of the molecule is c1coc(CNCCC2CCNCC2)c1. The zero-order valence-corrected chi connectivity index (χ0v) is 9.17. The maximum absolute atomic E-state index is 5.25. The molecule has 2 rings (SSSR count). The lowest BCUT2D eigenvalue weighted by atomic mass is 9.95. The highest BCUT2D eigenvalue weighted by Crippen LogP contribution is 2.14. The molecule has 3 nitrogen and oxygen atoms in total. The fraction of sp³-hybridized carbons (Fsp3) is 0.667. The minimum absolute atomic E-state index is 0.859. The van der Waals surface area contributed by atoms with Gasteiger partial charge in [0.25, 0.3) is 0 Å². The number of furan rings is 1. The minimum Gasteiger partial charge on any atom is -0.468 e. The Morgan fingerprint density at radius 1 is 1.40 bits per heavy atom. The van der Waals surface area contributed by atoms with E-state index in [1.54, 1.807) is 6.26 Å². The van der Waals surface area contributed by atoms with Crippen LogP contribution in [-0.2, 0) is 6.54 Å². The van der Waals surface area contributed by atoms with Gasteiger partial charge in [0.05, 0.1) is 12.8 Å². The van der Waals surface area contributed by atoms with Crippen LogP contribution in [0.5, 0.6) is 0 Å². The van der Waals surface area contributed by atoms with E-state index < -0.39 is 0 Å². The molecule has 0 aromatic carbocycles. The first kappa shape index (κ1) is 10.7. The van der Waals surface area contributed by atoms with Crippen LogP contribution in [0.2, 0.25) is 0 Å². The summed E-state index contributed by atoms with van der Waals surface area (Å²) in [5.74, 6) is 1.94. The van der Waals surface area contributed by atoms with Gasteiger partial charge in [0, 0.05) is 0 Å². The second kappa shape index (κ2) is 5.93. The molecule has 2 heterocycles. The Hall–Kier alpha value is -0.800. The van der Waals surface area contributed by atoms with Gasteiger partial charge in [-0.15, -0.1) is 0 Å². The van der Waals surface area contributed by atoms with Crippen LogP contribution in [0.4, 0.5) is 0 Å². The Balaban J connectivity index is 1.54. The summed E-state index contributed by atoms with van der Waals surface area (Å²) in [5, 5.41) is 6.81. The number of rotatable bonds is 5. The molecule has 1 aromatic heterocycles. The third-order valence-electron chi connectivity index (χ3n) is 3.07. The Morgan fingerprint density at radius 2 is 2.27 bits per heavy atom. The molecule has 0 bridgehead atoms. The van der Waals surface area contributed by atoms with Crippen molar-refractivity contribution in [2.45, 2.75) is 25.8 Å². The first-order valence-corrected chi connectivity index (χ1v) is 5.89. The smallest absolute Gasteiger partial charge is 0.117 e. The van der Waals surface area contributed by atoms with Gasteiger partial charge in [-0.3, -0.25) is 0 Å². The third kappa shape index (κ3) is 3.68. The molecule has 1 fully saturated rings. The van der Waals surface area contributed by atoms with Crippen molar-refractivity contribution in [1.82, 2.24) is 10.6 Å². The highest BCUT2D eigenvalue weighted by atomic mass is 16.3. The highest BCUT2D eigenvalue weighted by Gasteiger charge is 2.11. The summed E-state index contributed by atoms with van der Waals surface area (Å²) in [4.78, 5) is 0. The van der Waals surface area contributed by atoms with Gasteiger partial charge >= 0.3 is 0 Å². The number of nitrogens with one attached hydrogen (secondary N) is 2. The molecule has 0 amide bonds. The lowest BCUT2D eigenvalue weighted by Crippen LogP contribution is -2.29. The zero-order valence-electron chi connectivity index (χ0n) is 9.17. The van der Waals surface area contributed by atoms with E-state index in [0.29, 0.717) is 0 Å². The third-order valence-corrected chi connectivity index (χ3v) is 3.07. The molecule has 0 aliphatic carbocycles. The van der Waals surface area contributed by atoms with Crippen LogP contribution in [0, 0.1) is 5.92 Å². The van der Waals surface area contributed by atoms with Crippen LogP contribution in [0.3, 0.4) is 0 Å². The van der Waals surface area contributed by atoms with Crippen LogP contribution in [0.15, 0.2) is 22.8 Å². The molecule has 0 spiro atoms. The summed E-state index contributed by atoms with van der Waals surface area (Å²) in [5.41, 5.74) is 0. The molecule has 3 heteroatoms. The maximum Gasteiger partial charge on any atom is 0.117 e. The van der Waals surface area contributed by atoms with E-state index in [0.717, 1.165) is 24.8 Å². The Morgan fingerprint density at radius 3 is 3.00 bits per heavy atom. The van der Waals surface area contributed by atoms with E-state index in [1.807, 2.05) is 12.1 Å². The van der Waals surface area contributed by atoms with Gasteiger partial charge in [-0.05, 0) is 56.9 Å². The molecule has 0 radical (unpaired) electrons. The van der Waals surface area contributed by atoms with Crippen LogP contribution < -0.4 is 10.6 Å². The normalized spacial score (nSPS) is 18.1. The van der Waals surface area contributed by atoms with Gasteiger partial charge in [0.2, 0.25) is 0 Å². The van der Waals surface area contributed by atoms with Crippen molar-refractivity contribution in [2.24, 2.45) is 5.92 Å². The molecule has 1 aliphatic heterocycles. The van der Waals surface area contributed by atoms with Crippen molar-refractivity contribution in [3.05, 3.63) is 24.2 Å². The molecule has 0 unspecified atom stereocenters. The molecule has 0 saturated carbocycles. The van der Waals surface area contributed by atoms with Gasteiger partial charge in [-0.1, -0.05) is 0 Å². The van der Waals surface area contributed by atoms with Crippen molar-refractivity contribution in [3.63, 3.8) is 0 Å². The fourth-order valence-corrected chi connectivity index (χ4v) is 2.10. The predicted molar refractivity (Wildman–Crippen MR) is 60.6 cm³/mol. The molecule has 1 saturated heterocycles. The van der Waals surface area contributed by atoms with Gasteiger partial charge in [0.15, 0.2) is 0 Å².